The standard InChI is InChI=1S/C15H10N2S/c1-9-6-7-11-12(8-9)17-15-14(16-11)10-4-2-3-5-13(10)18-15/h2-8H,1H3. The molecule has 2 aromatic carbocycles. The summed E-state index contributed by atoms with van der Waals surface area (Å²) in [5.41, 5.74) is 4.19. The van der Waals surface area contributed by atoms with Gasteiger partial charge in [0.05, 0.1) is 11.0 Å². The number of thiophene rings is 1. The molecule has 0 atom stereocenters. The van der Waals surface area contributed by atoms with Crippen molar-refractivity contribution >= 4 is 42.8 Å². The lowest BCUT2D eigenvalue weighted by Gasteiger charge is -1.98. The first-order chi connectivity index (χ1) is 8.81. The quantitative estimate of drug-likeness (QED) is 0.465. The van der Waals surface area contributed by atoms with E-state index in [1.165, 1.54) is 15.6 Å². The Balaban J connectivity index is 2.23. The third-order valence-corrected chi connectivity index (χ3v) is 4.19. The van der Waals surface area contributed by atoms with Crippen molar-refractivity contribution in [2.45, 2.75) is 6.92 Å². The fourth-order valence-corrected chi connectivity index (χ4v) is 3.28. The van der Waals surface area contributed by atoms with Crippen molar-refractivity contribution in [1.29, 1.82) is 0 Å². The Morgan fingerprint density at radius 1 is 0.944 bits per heavy atom. The van der Waals surface area contributed by atoms with Crippen LogP contribution < -0.4 is 0 Å². The van der Waals surface area contributed by atoms with Crippen molar-refractivity contribution in [2.24, 2.45) is 0 Å². The van der Waals surface area contributed by atoms with Crippen LogP contribution >= 0.6 is 11.3 Å². The van der Waals surface area contributed by atoms with Gasteiger partial charge in [0, 0.05) is 10.1 Å². The largest absolute Gasteiger partial charge is 0.243 e. The van der Waals surface area contributed by atoms with Gasteiger partial charge >= 0.3 is 0 Å². The van der Waals surface area contributed by atoms with Gasteiger partial charge in [-0.1, -0.05) is 24.3 Å². The molecule has 18 heavy (non-hydrogen) atoms. The van der Waals surface area contributed by atoms with Crippen LogP contribution in [0.2, 0.25) is 0 Å². The van der Waals surface area contributed by atoms with Crippen LogP contribution in [0.25, 0.3) is 31.5 Å². The van der Waals surface area contributed by atoms with E-state index < -0.39 is 0 Å². The van der Waals surface area contributed by atoms with Gasteiger partial charge in [0.25, 0.3) is 0 Å². The zero-order valence-electron chi connectivity index (χ0n) is 9.84. The molecule has 4 rings (SSSR count). The monoisotopic (exact) mass is 250 g/mol. The van der Waals surface area contributed by atoms with E-state index in [2.05, 4.69) is 43.3 Å². The molecule has 0 radical (unpaired) electrons. The van der Waals surface area contributed by atoms with Crippen LogP contribution in [0.3, 0.4) is 0 Å². The Bertz CT molecular complexity index is 893. The second kappa shape index (κ2) is 3.50. The van der Waals surface area contributed by atoms with Gasteiger partial charge in [-0.05, 0) is 30.7 Å². The minimum atomic E-state index is 0.969. The van der Waals surface area contributed by atoms with Crippen LogP contribution in [0.15, 0.2) is 42.5 Å². The van der Waals surface area contributed by atoms with Gasteiger partial charge in [0.15, 0.2) is 0 Å². The number of hydrogen-bond acceptors (Lipinski definition) is 3. The van der Waals surface area contributed by atoms with Gasteiger partial charge in [0.1, 0.15) is 10.3 Å². The number of benzene rings is 2. The fraction of sp³-hybridized carbons (Fsp3) is 0.0667. The highest BCUT2D eigenvalue weighted by Gasteiger charge is 2.08. The Kier molecular flexibility index (Phi) is 1.94. The Morgan fingerprint density at radius 2 is 1.83 bits per heavy atom. The zero-order valence-corrected chi connectivity index (χ0v) is 10.7. The highest BCUT2D eigenvalue weighted by Crippen LogP contribution is 2.32. The summed E-state index contributed by atoms with van der Waals surface area (Å²) in [6.07, 6.45) is 0. The predicted octanol–water partition coefficient (Wildman–Crippen LogP) is 4.31. The lowest BCUT2D eigenvalue weighted by molar-refractivity contribution is 1.40. The molecule has 4 aromatic rings. The molecule has 0 N–H and O–H groups in total. The summed E-state index contributed by atoms with van der Waals surface area (Å²) in [5, 5.41) is 1.20. The molecule has 0 saturated heterocycles. The lowest BCUT2D eigenvalue weighted by Crippen LogP contribution is -1.84. The van der Waals surface area contributed by atoms with Crippen LogP contribution in [-0.2, 0) is 0 Å². The van der Waals surface area contributed by atoms with E-state index in [4.69, 9.17) is 9.97 Å². The maximum Gasteiger partial charge on any atom is 0.143 e. The van der Waals surface area contributed by atoms with Crippen molar-refractivity contribution in [3.05, 3.63) is 48.0 Å². The summed E-state index contributed by atoms with van der Waals surface area (Å²) in [4.78, 5) is 10.5. The Morgan fingerprint density at radius 3 is 2.78 bits per heavy atom. The molecule has 0 unspecified atom stereocenters. The van der Waals surface area contributed by atoms with Crippen LogP contribution in [0.4, 0.5) is 0 Å². The Hall–Kier alpha value is -2.00. The molecule has 86 valence electrons. The molecule has 2 heterocycles. The smallest absolute Gasteiger partial charge is 0.143 e. The summed E-state index contributed by atoms with van der Waals surface area (Å²) in [7, 11) is 0. The number of nitrogens with zero attached hydrogens (tertiary/aromatic N) is 2. The first kappa shape index (κ1) is 9.97. The number of rotatable bonds is 0. The average Bonchev–Trinajstić information content (AvgIpc) is 2.73. The van der Waals surface area contributed by atoms with Crippen LogP contribution in [0.1, 0.15) is 5.56 Å². The van der Waals surface area contributed by atoms with E-state index in [-0.39, 0.29) is 0 Å². The molecule has 2 aromatic heterocycles. The van der Waals surface area contributed by atoms with Crippen LogP contribution in [0.5, 0.6) is 0 Å². The third-order valence-electron chi connectivity index (χ3n) is 3.14. The number of aromatic nitrogens is 2. The molecule has 0 spiro atoms. The van der Waals surface area contributed by atoms with Crippen molar-refractivity contribution in [1.82, 2.24) is 9.97 Å². The summed E-state index contributed by atoms with van der Waals surface area (Å²) in [6, 6.07) is 14.6. The third kappa shape index (κ3) is 1.34. The van der Waals surface area contributed by atoms with E-state index in [0.29, 0.717) is 0 Å². The second-order valence-corrected chi connectivity index (χ2v) is 5.50. The molecular formula is C15H10N2S. The normalized spacial score (nSPS) is 11.6. The van der Waals surface area contributed by atoms with Crippen LogP contribution in [0, 0.1) is 6.92 Å². The number of fused-ring (bicyclic) bond motifs is 4. The van der Waals surface area contributed by atoms with E-state index in [9.17, 15) is 0 Å². The molecule has 0 amide bonds. The maximum atomic E-state index is 4.75. The van der Waals surface area contributed by atoms with Gasteiger partial charge in [-0.3, -0.25) is 0 Å². The summed E-state index contributed by atoms with van der Waals surface area (Å²) >= 11 is 1.71. The molecular weight excluding hydrogens is 240 g/mol. The first-order valence-corrected chi connectivity index (χ1v) is 6.68. The zero-order chi connectivity index (χ0) is 12.1. The van der Waals surface area contributed by atoms with E-state index in [1.54, 1.807) is 11.3 Å². The molecule has 0 bridgehead atoms. The van der Waals surface area contributed by atoms with Crippen molar-refractivity contribution < 1.29 is 0 Å². The predicted molar refractivity (Wildman–Crippen MR) is 77.2 cm³/mol. The highest BCUT2D eigenvalue weighted by atomic mass is 32.1. The minimum Gasteiger partial charge on any atom is -0.243 e. The molecule has 0 aliphatic rings. The molecule has 3 heteroatoms. The SMILES string of the molecule is Cc1ccc2nc3c(nc2c1)sc1ccccc13. The van der Waals surface area contributed by atoms with Crippen LogP contribution in [-0.4, -0.2) is 9.97 Å². The fourth-order valence-electron chi connectivity index (χ4n) is 2.25. The summed E-state index contributed by atoms with van der Waals surface area (Å²) in [6.45, 7) is 2.08. The van der Waals surface area contributed by atoms with Gasteiger partial charge in [-0.15, -0.1) is 11.3 Å². The summed E-state index contributed by atoms with van der Waals surface area (Å²) in [5.74, 6) is 0. The van der Waals surface area contributed by atoms with Gasteiger partial charge in [-0.25, -0.2) is 9.97 Å². The average molecular weight is 250 g/mol. The van der Waals surface area contributed by atoms with Crippen molar-refractivity contribution in [3.8, 4) is 0 Å². The number of hydrogen-bond donors (Lipinski definition) is 0. The topological polar surface area (TPSA) is 25.8 Å². The first-order valence-electron chi connectivity index (χ1n) is 5.87. The Labute approximate surface area is 108 Å². The number of aryl methyl sites for hydroxylation is 1. The summed E-state index contributed by atoms with van der Waals surface area (Å²) < 4.78 is 1.25. The molecule has 0 aliphatic carbocycles. The van der Waals surface area contributed by atoms with E-state index in [0.717, 1.165) is 21.4 Å². The molecule has 0 fully saturated rings. The van der Waals surface area contributed by atoms with Gasteiger partial charge < -0.3 is 0 Å². The maximum absolute atomic E-state index is 4.75. The minimum absolute atomic E-state index is 0.969. The second-order valence-electron chi connectivity index (χ2n) is 4.47. The molecule has 0 saturated carbocycles. The van der Waals surface area contributed by atoms with E-state index in [1.807, 2.05) is 6.07 Å². The van der Waals surface area contributed by atoms with Crippen molar-refractivity contribution in [3.63, 3.8) is 0 Å². The van der Waals surface area contributed by atoms with Crippen molar-refractivity contribution in [2.75, 3.05) is 0 Å². The van der Waals surface area contributed by atoms with Gasteiger partial charge in [0.2, 0.25) is 0 Å². The lowest BCUT2D eigenvalue weighted by atomic mass is 10.2. The van der Waals surface area contributed by atoms with E-state index >= 15 is 0 Å². The highest BCUT2D eigenvalue weighted by molar-refractivity contribution is 7.25. The van der Waals surface area contributed by atoms with Gasteiger partial charge in [-0.2, -0.15) is 0 Å². The molecule has 2 nitrogen and oxygen atoms in total. The molecule has 0 aliphatic heterocycles.